The number of anilines is 1. The van der Waals surface area contributed by atoms with Crippen molar-refractivity contribution in [3.63, 3.8) is 0 Å². The molecule has 14 heavy (non-hydrogen) atoms. The summed E-state index contributed by atoms with van der Waals surface area (Å²) in [5, 5.41) is 0. The molecule has 0 unspecified atom stereocenters. The van der Waals surface area contributed by atoms with Crippen molar-refractivity contribution in [1.29, 1.82) is 0 Å². The maximum absolute atomic E-state index is 5.75. The molecular formula is C12H16N2. The monoisotopic (exact) mass is 188 g/mol. The van der Waals surface area contributed by atoms with Gasteiger partial charge in [-0.3, -0.25) is 4.99 Å². The van der Waals surface area contributed by atoms with Gasteiger partial charge >= 0.3 is 0 Å². The summed E-state index contributed by atoms with van der Waals surface area (Å²) >= 11 is 0. The van der Waals surface area contributed by atoms with E-state index in [4.69, 9.17) is 5.73 Å². The fourth-order valence-electron chi connectivity index (χ4n) is 1.29. The minimum Gasteiger partial charge on any atom is -0.399 e. The smallest absolute Gasteiger partial charge is 0.0655 e. The quantitative estimate of drug-likeness (QED) is 0.562. The predicted molar refractivity (Wildman–Crippen MR) is 63.4 cm³/mol. The first-order chi connectivity index (χ1) is 6.69. The molecule has 0 aliphatic heterocycles. The molecule has 2 heteroatoms. The van der Waals surface area contributed by atoms with Crippen LogP contribution in [0.25, 0.3) is 5.70 Å². The number of nitrogens with two attached hydrogens (primary N) is 1. The van der Waals surface area contributed by atoms with Crippen LogP contribution in [0.5, 0.6) is 0 Å². The van der Waals surface area contributed by atoms with Crippen molar-refractivity contribution in [2.75, 3.05) is 5.73 Å². The number of rotatable bonds is 2. The Morgan fingerprint density at radius 1 is 1.36 bits per heavy atom. The van der Waals surface area contributed by atoms with Crippen LogP contribution in [-0.4, -0.2) is 6.21 Å². The van der Waals surface area contributed by atoms with Gasteiger partial charge in [0.1, 0.15) is 0 Å². The zero-order valence-corrected chi connectivity index (χ0v) is 8.91. The molecule has 0 atom stereocenters. The second-order valence-corrected chi connectivity index (χ2v) is 3.13. The number of benzene rings is 1. The average molecular weight is 188 g/mol. The topological polar surface area (TPSA) is 38.4 Å². The maximum Gasteiger partial charge on any atom is 0.0655 e. The van der Waals surface area contributed by atoms with Gasteiger partial charge in [0.05, 0.1) is 5.70 Å². The Morgan fingerprint density at radius 3 is 2.57 bits per heavy atom. The van der Waals surface area contributed by atoms with Crippen LogP contribution in [0.15, 0.2) is 29.3 Å². The van der Waals surface area contributed by atoms with Crippen molar-refractivity contribution in [2.45, 2.75) is 20.8 Å². The zero-order valence-electron chi connectivity index (χ0n) is 8.91. The van der Waals surface area contributed by atoms with Gasteiger partial charge in [0, 0.05) is 17.5 Å². The maximum atomic E-state index is 5.75. The number of hydrogen-bond donors (Lipinski definition) is 1. The largest absolute Gasteiger partial charge is 0.399 e. The van der Waals surface area contributed by atoms with Gasteiger partial charge in [0.25, 0.3) is 0 Å². The lowest BCUT2D eigenvalue weighted by molar-refractivity contribution is 1.41. The Bertz CT molecular complexity index is 376. The molecule has 0 amide bonds. The first-order valence-corrected chi connectivity index (χ1v) is 4.70. The van der Waals surface area contributed by atoms with E-state index in [9.17, 15) is 0 Å². The van der Waals surface area contributed by atoms with Crippen molar-refractivity contribution in [2.24, 2.45) is 4.99 Å². The third kappa shape index (κ3) is 2.22. The number of aryl methyl sites for hydroxylation is 1. The summed E-state index contributed by atoms with van der Waals surface area (Å²) in [7, 11) is 0. The van der Waals surface area contributed by atoms with Gasteiger partial charge < -0.3 is 5.73 Å². The van der Waals surface area contributed by atoms with E-state index < -0.39 is 0 Å². The third-order valence-corrected chi connectivity index (χ3v) is 2.11. The average Bonchev–Trinajstić information content (AvgIpc) is 2.19. The lowest BCUT2D eigenvalue weighted by atomic mass is 10.1. The summed E-state index contributed by atoms with van der Waals surface area (Å²) in [6.07, 6.45) is 3.78. The van der Waals surface area contributed by atoms with Gasteiger partial charge in [-0.1, -0.05) is 12.1 Å². The Kier molecular flexibility index (Phi) is 3.46. The van der Waals surface area contributed by atoms with Crippen molar-refractivity contribution >= 4 is 17.6 Å². The SMILES string of the molecule is CC=N/C(=C\C)c1ccc(N)c(C)c1. The third-order valence-electron chi connectivity index (χ3n) is 2.11. The molecule has 1 aromatic carbocycles. The highest BCUT2D eigenvalue weighted by Crippen LogP contribution is 2.20. The van der Waals surface area contributed by atoms with Gasteiger partial charge in [0.15, 0.2) is 0 Å². The van der Waals surface area contributed by atoms with Crippen LogP contribution in [0.3, 0.4) is 0 Å². The molecule has 0 aliphatic carbocycles. The minimum atomic E-state index is 0.824. The van der Waals surface area contributed by atoms with E-state index >= 15 is 0 Å². The lowest BCUT2D eigenvalue weighted by Gasteiger charge is -2.04. The Labute approximate surface area is 85.2 Å². The molecule has 0 saturated carbocycles. The fraction of sp³-hybridized carbons (Fsp3) is 0.250. The molecular weight excluding hydrogens is 172 g/mol. The summed E-state index contributed by atoms with van der Waals surface area (Å²) in [6.45, 7) is 5.89. The van der Waals surface area contributed by atoms with E-state index in [1.807, 2.05) is 39.0 Å². The second kappa shape index (κ2) is 4.61. The summed E-state index contributed by atoms with van der Waals surface area (Å²) in [4.78, 5) is 4.28. The van der Waals surface area contributed by atoms with Crippen molar-refractivity contribution in [3.05, 3.63) is 35.4 Å². The summed E-state index contributed by atoms with van der Waals surface area (Å²) in [6, 6.07) is 5.96. The number of allylic oxidation sites excluding steroid dienone is 1. The second-order valence-electron chi connectivity index (χ2n) is 3.13. The highest BCUT2D eigenvalue weighted by Gasteiger charge is 1.99. The van der Waals surface area contributed by atoms with E-state index in [-0.39, 0.29) is 0 Å². The van der Waals surface area contributed by atoms with Crippen LogP contribution in [0.4, 0.5) is 5.69 Å². The van der Waals surface area contributed by atoms with Gasteiger partial charge in [-0.25, -0.2) is 0 Å². The molecule has 0 aromatic heterocycles. The Morgan fingerprint density at radius 2 is 2.07 bits per heavy atom. The molecule has 0 bridgehead atoms. The van der Waals surface area contributed by atoms with E-state index in [2.05, 4.69) is 11.1 Å². The van der Waals surface area contributed by atoms with E-state index in [1.54, 1.807) is 6.21 Å². The summed E-state index contributed by atoms with van der Waals surface area (Å²) < 4.78 is 0. The first-order valence-electron chi connectivity index (χ1n) is 4.70. The first kappa shape index (κ1) is 10.5. The van der Waals surface area contributed by atoms with E-state index in [1.165, 1.54) is 0 Å². The highest BCUT2D eigenvalue weighted by molar-refractivity contribution is 5.73. The number of aliphatic imine (C=N–C) groups is 1. The molecule has 0 spiro atoms. The Balaban J connectivity index is 3.13. The van der Waals surface area contributed by atoms with Crippen molar-refractivity contribution < 1.29 is 0 Å². The van der Waals surface area contributed by atoms with Crippen LogP contribution in [0.1, 0.15) is 25.0 Å². The fourth-order valence-corrected chi connectivity index (χ4v) is 1.29. The van der Waals surface area contributed by atoms with Gasteiger partial charge in [-0.05, 0) is 38.5 Å². The van der Waals surface area contributed by atoms with E-state index in [0.717, 1.165) is 22.5 Å². The lowest BCUT2D eigenvalue weighted by Crippen LogP contribution is -1.91. The molecule has 2 N–H and O–H groups in total. The molecule has 0 fully saturated rings. The van der Waals surface area contributed by atoms with Gasteiger partial charge in [-0.2, -0.15) is 0 Å². The predicted octanol–water partition coefficient (Wildman–Crippen LogP) is 3.03. The van der Waals surface area contributed by atoms with Crippen molar-refractivity contribution in [3.8, 4) is 0 Å². The molecule has 1 rings (SSSR count). The van der Waals surface area contributed by atoms with E-state index in [0.29, 0.717) is 0 Å². The molecule has 0 heterocycles. The molecule has 0 aliphatic rings. The zero-order chi connectivity index (χ0) is 10.6. The Hall–Kier alpha value is -1.57. The summed E-state index contributed by atoms with van der Waals surface area (Å²) in [5.74, 6) is 0. The molecule has 2 nitrogen and oxygen atoms in total. The minimum absolute atomic E-state index is 0.824. The van der Waals surface area contributed by atoms with Crippen LogP contribution >= 0.6 is 0 Å². The molecule has 0 saturated heterocycles. The molecule has 74 valence electrons. The molecule has 0 radical (unpaired) electrons. The van der Waals surface area contributed by atoms with Crippen LogP contribution in [0, 0.1) is 6.92 Å². The highest BCUT2D eigenvalue weighted by atomic mass is 14.7. The number of hydrogen-bond acceptors (Lipinski definition) is 2. The number of nitrogen functional groups attached to an aromatic ring is 1. The van der Waals surface area contributed by atoms with Gasteiger partial charge in [0.2, 0.25) is 0 Å². The van der Waals surface area contributed by atoms with Gasteiger partial charge in [-0.15, -0.1) is 0 Å². The van der Waals surface area contributed by atoms with Crippen molar-refractivity contribution in [1.82, 2.24) is 0 Å². The normalized spacial score (nSPS) is 12.4. The standard InChI is InChI=1S/C12H16N2/c1-4-12(14-5-2)10-6-7-11(13)9(3)8-10/h4-8H,13H2,1-3H3/b12-4-,14-5?. The summed E-state index contributed by atoms with van der Waals surface area (Å²) in [5.41, 5.74) is 9.75. The van der Waals surface area contributed by atoms with Crippen LogP contribution in [0.2, 0.25) is 0 Å². The molecule has 1 aromatic rings. The van der Waals surface area contributed by atoms with Crippen LogP contribution in [-0.2, 0) is 0 Å². The van der Waals surface area contributed by atoms with Crippen LogP contribution < -0.4 is 5.73 Å². The number of nitrogens with zero attached hydrogens (tertiary/aromatic N) is 1.